The van der Waals surface area contributed by atoms with Gasteiger partial charge in [-0.3, -0.25) is 0 Å². The van der Waals surface area contributed by atoms with Crippen LogP contribution in [0, 0.1) is 0 Å². The molecule has 0 heterocycles. The minimum absolute atomic E-state index is 0.0535. The van der Waals surface area contributed by atoms with E-state index in [1.54, 1.807) is 0 Å². The lowest BCUT2D eigenvalue weighted by atomic mass is 10.4. The zero-order valence-corrected chi connectivity index (χ0v) is 11.9. The fourth-order valence-electron chi connectivity index (χ4n) is 0.969. The van der Waals surface area contributed by atoms with Gasteiger partial charge in [-0.1, -0.05) is 26.7 Å². The Labute approximate surface area is 95.0 Å². The van der Waals surface area contributed by atoms with E-state index in [1.165, 1.54) is 25.7 Å². The van der Waals surface area contributed by atoms with Crippen LogP contribution in [0.15, 0.2) is 0 Å². The standard InChI is InChI=1S/C8H21OPS3/c1-3-5-7-13(8-6-4-2)10(9,11)12/h9,11-12H,3-8H2,1-2H3. The lowest BCUT2D eigenvalue weighted by molar-refractivity contribution is 0.654. The summed E-state index contributed by atoms with van der Waals surface area (Å²) in [6, 6.07) is 0. The third kappa shape index (κ3) is 7.38. The Morgan fingerprint density at radius 1 is 1.08 bits per heavy atom. The summed E-state index contributed by atoms with van der Waals surface area (Å²) >= 11 is 8.48. The normalized spacial score (nSPS) is 12.5. The van der Waals surface area contributed by atoms with E-state index in [9.17, 15) is 4.89 Å². The molecular weight excluding hydrogens is 239 g/mol. The second kappa shape index (κ2) is 7.70. The first-order valence-corrected chi connectivity index (χ1v) is 11.0. The minimum Gasteiger partial charge on any atom is -0.354 e. The number of thiol groups is 2. The highest BCUT2D eigenvalue weighted by molar-refractivity contribution is 8.94. The van der Waals surface area contributed by atoms with E-state index >= 15 is 0 Å². The van der Waals surface area contributed by atoms with Gasteiger partial charge >= 0.3 is 0 Å². The minimum atomic E-state index is -2.17. The average Bonchev–Trinajstić information content (AvgIpc) is 2.02. The largest absolute Gasteiger partial charge is 0.354 e. The van der Waals surface area contributed by atoms with Crippen molar-refractivity contribution >= 4 is 39.2 Å². The van der Waals surface area contributed by atoms with E-state index in [4.69, 9.17) is 0 Å². The molecule has 0 aliphatic carbocycles. The van der Waals surface area contributed by atoms with Crippen molar-refractivity contribution in [2.75, 3.05) is 11.5 Å². The fourth-order valence-corrected chi connectivity index (χ4v) is 8.09. The predicted octanol–water partition coefficient (Wildman–Crippen LogP) is 3.73. The van der Waals surface area contributed by atoms with Crippen LogP contribution in [0.5, 0.6) is 0 Å². The van der Waals surface area contributed by atoms with Crippen molar-refractivity contribution in [3.8, 4) is 0 Å². The van der Waals surface area contributed by atoms with Crippen LogP contribution >= 0.6 is 29.2 Å². The lowest BCUT2D eigenvalue weighted by Gasteiger charge is -2.16. The summed E-state index contributed by atoms with van der Waals surface area (Å²) in [5.41, 5.74) is 0. The maximum atomic E-state index is 9.78. The smallest absolute Gasteiger partial charge is 0.127 e. The Morgan fingerprint density at radius 2 is 1.46 bits per heavy atom. The molecule has 0 rings (SSSR count). The second-order valence-electron chi connectivity index (χ2n) is 3.09. The SMILES string of the molecule is CCCCS(CCCC)=P(O)(S)S. The highest BCUT2D eigenvalue weighted by atomic mass is 33.2. The Hall–Kier alpha value is 1.44. The molecule has 1 N–H and O–H groups in total. The third-order valence-corrected chi connectivity index (χ3v) is 11.4. The molecule has 0 saturated heterocycles. The van der Waals surface area contributed by atoms with Crippen LogP contribution in [0.2, 0.25) is 0 Å². The number of hydrogen-bond acceptors (Lipinski definition) is 0. The van der Waals surface area contributed by atoms with Gasteiger partial charge in [0.25, 0.3) is 0 Å². The van der Waals surface area contributed by atoms with E-state index < -0.39 is 4.67 Å². The molecule has 82 valence electrons. The molecule has 0 aromatic carbocycles. The number of hydrogen-bond donors (Lipinski definition) is 3. The van der Waals surface area contributed by atoms with Gasteiger partial charge in [-0.2, -0.15) is 0 Å². The molecule has 0 saturated carbocycles. The van der Waals surface area contributed by atoms with Crippen LogP contribution in [-0.4, -0.2) is 16.4 Å². The summed E-state index contributed by atoms with van der Waals surface area (Å²) < 4.78 is -2.17. The molecule has 1 nitrogen and oxygen atoms in total. The van der Waals surface area contributed by atoms with E-state index in [1.807, 2.05) is 0 Å². The molecule has 0 aromatic heterocycles. The predicted molar refractivity (Wildman–Crippen MR) is 74.0 cm³/mol. The Morgan fingerprint density at radius 3 is 1.69 bits per heavy atom. The summed E-state index contributed by atoms with van der Waals surface area (Å²) in [6.07, 6.45) is 4.76. The lowest BCUT2D eigenvalue weighted by Crippen LogP contribution is -2.02. The van der Waals surface area contributed by atoms with Gasteiger partial charge < -0.3 is 4.89 Å². The number of unbranched alkanes of at least 4 members (excludes halogenated alkanes) is 2. The van der Waals surface area contributed by atoms with E-state index in [0.717, 1.165) is 11.5 Å². The summed E-state index contributed by atoms with van der Waals surface area (Å²) in [5.74, 6) is 2.21. The van der Waals surface area contributed by atoms with Crippen LogP contribution in [0.3, 0.4) is 0 Å². The third-order valence-electron chi connectivity index (χ3n) is 1.81. The van der Waals surface area contributed by atoms with Crippen molar-refractivity contribution < 1.29 is 4.89 Å². The first-order chi connectivity index (χ1) is 6.02. The molecule has 0 unspecified atom stereocenters. The van der Waals surface area contributed by atoms with Gasteiger partial charge in [0.1, 0.15) is 4.67 Å². The van der Waals surface area contributed by atoms with Gasteiger partial charge in [-0.25, -0.2) is 0 Å². The highest BCUT2D eigenvalue weighted by Crippen LogP contribution is 2.56. The van der Waals surface area contributed by atoms with Gasteiger partial charge in [0.15, 0.2) is 0 Å². The van der Waals surface area contributed by atoms with E-state index in [0.29, 0.717) is 0 Å². The zero-order valence-electron chi connectivity index (χ0n) is 8.44. The summed E-state index contributed by atoms with van der Waals surface area (Å²) in [5, 5.41) is 0. The van der Waals surface area contributed by atoms with Gasteiger partial charge in [-0.15, -0.1) is 34.6 Å². The van der Waals surface area contributed by atoms with Gasteiger partial charge in [0, 0.05) is 0 Å². The molecule has 0 amide bonds. The maximum Gasteiger partial charge on any atom is 0.127 e. The number of rotatable bonds is 6. The summed E-state index contributed by atoms with van der Waals surface area (Å²) in [7, 11) is 0.0535. The molecular formula is C8H21OPS3. The monoisotopic (exact) mass is 260 g/mol. The molecule has 0 aliphatic rings. The van der Waals surface area contributed by atoms with E-state index in [2.05, 4.69) is 38.3 Å². The average molecular weight is 260 g/mol. The van der Waals surface area contributed by atoms with Crippen molar-refractivity contribution in [3.05, 3.63) is 0 Å². The Bertz CT molecular complexity index is 170. The van der Waals surface area contributed by atoms with Crippen LogP contribution in [0.4, 0.5) is 0 Å². The molecule has 0 aromatic rings. The van der Waals surface area contributed by atoms with Crippen LogP contribution in [0.1, 0.15) is 39.5 Å². The molecule has 5 heteroatoms. The van der Waals surface area contributed by atoms with Crippen molar-refractivity contribution in [3.63, 3.8) is 0 Å². The van der Waals surface area contributed by atoms with E-state index in [-0.39, 0.29) is 10.1 Å². The molecule has 0 aliphatic heterocycles. The van der Waals surface area contributed by atoms with Crippen molar-refractivity contribution in [2.45, 2.75) is 39.5 Å². The molecule has 0 spiro atoms. The van der Waals surface area contributed by atoms with Crippen molar-refractivity contribution in [2.24, 2.45) is 0 Å². The van der Waals surface area contributed by atoms with Gasteiger partial charge in [0.05, 0.1) is 0 Å². The zero-order chi connectivity index (χ0) is 10.3. The Kier molecular flexibility index (Phi) is 8.55. The Balaban J connectivity index is 4.21. The van der Waals surface area contributed by atoms with Crippen molar-refractivity contribution in [1.29, 1.82) is 0 Å². The van der Waals surface area contributed by atoms with Gasteiger partial charge in [0.2, 0.25) is 0 Å². The summed E-state index contributed by atoms with van der Waals surface area (Å²) in [4.78, 5) is 9.78. The molecule has 0 fully saturated rings. The highest BCUT2D eigenvalue weighted by Gasteiger charge is 2.08. The fraction of sp³-hybridized carbons (Fsp3) is 1.00. The van der Waals surface area contributed by atoms with Gasteiger partial charge in [-0.05, 0) is 24.3 Å². The maximum absolute atomic E-state index is 9.78. The first-order valence-electron chi connectivity index (χ1n) is 4.77. The quantitative estimate of drug-likeness (QED) is 0.491. The second-order valence-corrected chi connectivity index (χ2v) is 15.0. The summed E-state index contributed by atoms with van der Waals surface area (Å²) in [6.45, 7) is 4.35. The van der Waals surface area contributed by atoms with Crippen LogP contribution in [0.25, 0.3) is 0 Å². The molecule has 0 atom stereocenters. The van der Waals surface area contributed by atoms with Crippen LogP contribution < -0.4 is 0 Å². The molecule has 0 radical (unpaired) electrons. The molecule has 13 heavy (non-hydrogen) atoms. The topological polar surface area (TPSA) is 20.2 Å². The molecule has 0 bridgehead atoms. The van der Waals surface area contributed by atoms with Crippen molar-refractivity contribution in [1.82, 2.24) is 0 Å². The van der Waals surface area contributed by atoms with Crippen LogP contribution in [-0.2, 0) is 10.1 Å². The first kappa shape index (κ1) is 14.4.